The lowest BCUT2D eigenvalue weighted by Gasteiger charge is -2.28. The number of halogens is 1. The molecule has 0 aliphatic heterocycles. The zero-order valence-corrected chi connectivity index (χ0v) is 15.4. The van der Waals surface area contributed by atoms with Gasteiger partial charge in [-0.25, -0.2) is 12.8 Å². The van der Waals surface area contributed by atoms with E-state index >= 15 is 0 Å². The fraction of sp³-hybridized carbons (Fsp3) is 0.222. The number of Topliss-reactive ketones (excluding diaryl/α,β-unsaturated/α-hetero) is 1. The molecule has 0 saturated carbocycles. The number of nitrogens with zero attached hydrogens (tertiary/aromatic N) is 1. The molecule has 2 aromatic rings. The maximum absolute atomic E-state index is 13.1. The highest BCUT2D eigenvalue weighted by Gasteiger charge is 2.29. The number of carbonyl (C=O) groups is 2. The van der Waals surface area contributed by atoms with Crippen molar-refractivity contribution in [1.82, 2.24) is 0 Å². The second kappa shape index (κ2) is 7.65. The van der Waals surface area contributed by atoms with Crippen LogP contribution in [-0.4, -0.2) is 32.4 Å². The molecular weight excluding hydrogens is 359 g/mol. The number of hydrogen-bond donors (Lipinski definition) is 1. The van der Waals surface area contributed by atoms with Gasteiger partial charge >= 0.3 is 0 Å². The van der Waals surface area contributed by atoms with Crippen LogP contribution >= 0.6 is 0 Å². The molecule has 1 unspecified atom stereocenters. The molecule has 0 bridgehead atoms. The number of anilines is 2. The quantitative estimate of drug-likeness (QED) is 0.784. The number of rotatable bonds is 6. The Labute approximate surface area is 151 Å². The standard InChI is InChI=1S/C18H19FN2O4S/c1-12(18(23)20-16-6-4-5-14(11-16)13(2)22)21(26(3,24)25)17-9-7-15(19)8-10-17/h4-12H,1-3H3,(H,20,23). The molecule has 0 fully saturated rings. The molecule has 1 N–H and O–H groups in total. The average molecular weight is 378 g/mol. The molecular formula is C18H19FN2O4S. The zero-order chi connectivity index (χ0) is 19.5. The molecule has 0 aliphatic rings. The van der Waals surface area contributed by atoms with Crippen molar-refractivity contribution >= 4 is 33.1 Å². The fourth-order valence-corrected chi connectivity index (χ4v) is 3.63. The summed E-state index contributed by atoms with van der Waals surface area (Å²) in [5.41, 5.74) is 0.977. The number of nitrogens with one attached hydrogen (secondary N) is 1. The van der Waals surface area contributed by atoms with Crippen molar-refractivity contribution < 1.29 is 22.4 Å². The lowest BCUT2D eigenvalue weighted by molar-refractivity contribution is -0.116. The summed E-state index contributed by atoms with van der Waals surface area (Å²) in [7, 11) is -3.79. The third kappa shape index (κ3) is 4.66. The van der Waals surface area contributed by atoms with Gasteiger partial charge in [-0.2, -0.15) is 0 Å². The minimum atomic E-state index is -3.79. The Balaban J connectivity index is 2.29. The Morgan fingerprint density at radius 2 is 1.73 bits per heavy atom. The van der Waals surface area contributed by atoms with Crippen molar-refractivity contribution in [1.29, 1.82) is 0 Å². The molecule has 0 aromatic heterocycles. The number of amides is 1. The van der Waals surface area contributed by atoms with E-state index in [4.69, 9.17) is 0 Å². The normalized spacial score (nSPS) is 12.3. The van der Waals surface area contributed by atoms with Crippen LogP contribution < -0.4 is 9.62 Å². The Hall–Kier alpha value is -2.74. The van der Waals surface area contributed by atoms with Gasteiger partial charge < -0.3 is 5.32 Å². The van der Waals surface area contributed by atoms with Crippen LogP contribution in [0.5, 0.6) is 0 Å². The van der Waals surface area contributed by atoms with Crippen molar-refractivity contribution in [2.75, 3.05) is 15.9 Å². The predicted octanol–water partition coefficient (Wildman–Crippen LogP) is 2.82. The Morgan fingerprint density at radius 1 is 1.12 bits per heavy atom. The summed E-state index contributed by atoms with van der Waals surface area (Å²) in [5, 5.41) is 2.60. The molecule has 2 rings (SSSR count). The molecule has 0 saturated heterocycles. The summed E-state index contributed by atoms with van der Waals surface area (Å²) in [6.45, 7) is 2.83. The molecule has 0 radical (unpaired) electrons. The van der Waals surface area contributed by atoms with Gasteiger partial charge in [0.25, 0.3) is 0 Å². The zero-order valence-electron chi connectivity index (χ0n) is 14.6. The average Bonchev–Trinajstić information content (AvgIpc) is 2.55. The second-order valence-electron chi connectivity index (χ2n) is 5.84. The van der Waals surface area contributed by atoms with Crippen LogP contribution in [0.3, 0.4) is 0 Å². The largest absolute Gasteiger partial charge is 0.324 e. The molecule has 1 amide bonds. The monoisotopic (exact) mass is 378 g/mol. The van der Waals surface area contributed by atoms with E-state index in [2.05, 4.69) is 5.32 Å². The highest BCUT2D eigenvalue weighted by Crippen LogP contribution is 2.22. The topological polar surface area (TPSA) is 83.6 Å². The van der Waals surface area contributed by atoms with E-state index in [1.54, 1.807) is 18.2 Å². The molecule has 2 aromatic carbocycles. The van der Waals surface area contributed by atoms with Crippen LogP contribution in [0.1, 0.15) is 24.2 Å². The third-order valence-electron chi connectivity index (χ3n) is 3.71. The summed E-state index contributed by atoms with van der Waals surface area (Å²) in [6, 6.07) is 10.1. The van der Waals surface area contributed by atoms with E-state index in [1.807, 2.05) is 0 Å². The first-order valence-electron chi connectivity index (χ1n) is 7.76. The summed E-state index contributed by atoms with van der Waals surface area (Å²) in [5.74, 6) is -1.25. The van der Waals surface area contributed by atoms with Gasteiger partial charge in [0.15, 0.2) is 5.78 Å². The highest BCUT2D eigenvalue weighted by atomic mass is 32.2. The SMILES string of the molecule is CC(=O)c1cccc(NC(=O)C(C)N(c2ccc(F)cc2)S(C)(=O)=O)c1. The van der Waals surface area contributed by atoms with Gasteiger partial charge in [0.1, 0.15) is 11.9 Å². The van der Waals surface area contributed by atoms with Crippen LogP contribution in [0.15, 0.2) is 48.5 Å². The number of carbonyl (C=O) groups excluding carboxylic acids is 2. The van der Waals surface area contributed by atoms with Crippen LogP contribution in [0.4, 0.5) is 15.8 Å². The molecule has 1 atom stereocenters. The number of ketones is 1. The summed E-state index contributed by atoms with van der Waals surface area (Å²) in [6.07, 6.45) is 0.969. The van der Waals surface area contributed by atoms with Gasteiger partial charge in [-0.3, -0.25) is 13.9 Å². The van der Waals surface area contributed by atoms with E-state index in [0.717, 1.165) is 22.7 Å². The van der Waals surface area contributed by atoms with Crippen LogP contribution in [0.25, 0.3) is 0 Å². The van der Waals surface area contributed by atoms with Crippen LogP contribution in [0, 0.1) is 5.82 Å². The van der Waals surface area contributed by atoms with E-state index < -0.39 is 27.8 Å². The number of benzene rings is 2. The Morgan fingerprint density at radius 3 is 2.27 bits per heavy atom. The molecule has 8 heteroatoms. The smallest absolute Gasteiger partial charge is 0.247 e. The number of sulfonamides is 1. The highest BCUT2D eigenvalue weighted by molar-refractivity contribution is 7.92. The van der Waals surface area contributed by atoms with Gasteiger partial charge in [-0.1, -0.05) is 12.1 Å². The Kier molecular flexibility index (Phi) is 5.76. The molecule has 0 aliphatic carbocycles. The van der Waals surface area contributed by atoms with Crippen molar-refractivity contribution in [3.63, 3.8) is 0 Å². The number of hydrogen-bond acceptors (Lipinski definition) is 4. The Bertz CT molecular complexity index is 926. The second-order valence-corrected chi connectivity index (χ2v) is 7.70. The first-order chi connectivity index (χ1) is 12.1. The summed E-state index contributed by atoms with van der Waals surface area (Å²) < 4.78 is 38.4. The van der Waals surface area contributed by atoms with Gasteiger partial charge in [-0.05, 0) is 50.2 Å². The van der Waals surface area contributed by atoms with Gasteiger partial charge in [-0.15, -0.1) is 0 Å². The minimum absolute atomic E-state index is 0.154. The van der Waals surface area contributed by atoms with Crippen LogP contribution in [-0.2, 0) is 14.8 Å². The third-order valence-corrected chi connectivity index (χ3v) is 4.95. The molecule has 0 heterocycles. The van der Waals surface area contributed by atoms with Crippen LogP contribution in [0.2, 0.25) is 0 Å². The van der Waals surface area contributed by atoms with E-state index in [9.17, 15) is 22.4 Å². The lowest BCUT2D eigenvalue weighted by Crippen LogP contribution is -2.45. The van der Waals surface area contributed by atoms with Gasteiger partial charge in [0.2, 0.25) is 15.9 Å². The maximum atomic E-state index is 13.1. The van der Waals surface area contributed by atoms with Crippen molar-refractivity contribution in [3.8, 4) is 0 Å². The molecule has 138 valence electrons. The predicted molar refractivity (Wildman–Crippen MR) is 98.3 cm³/mol. The van der Waals surface area contributed by atoms with Gasteiger partial charge in [0.05, 0.1) is 11.9 Å². The molecule has 0 spiro atoms. The summed E-state index contributed by atoms with van der Waals surface area (Å²) >= 11 is 0. The maximum Gasteiger partial charge on any atom is 0.247 e. The fourth-order valence-electron chi connectivity index (χ4n) is 2.46. The summed E-state index contributed by atoms with van der Waals surface area (Å²) in [4.78, 5) is 24.0. The molecule has 26 heavy (non-hydrogen) atoms. The lowest BCUT2D eigenvalue weighted by atomic mass is 10.1. The molecule has 6 nitrogen and oxygen atoms in total. The first-order valence-corrected chi connectivity index (χ1v) is 9.61. The minimum Gasteiger partial charge on any atom is -0.324 e. The van der Waals surface area contributed by atoms with E-state index in [-0.39, 0.29) is 11.5 Å². The van der Waals surface area contributed by atoms with E-state index in [0.29, 0.717) is 11.3 Å². The van der Waals surface area contributed by atoms with Crippen molar-refractivity contribution in [2.45, 2.75) is 19.9 Å². The van der Waals surface area contributed by atoms with Crippen molar-refractivity contribution in [2.24, 2.45) is 0 Å². The van der Waals surface area contributed by atoms with Crippen molar-refractivity contribution in [3.05, 3.63) is 59.9 Å². The van der Waals surface area contributed by atoms with Gasteiger partial charge in [0, 0.05) is 11.3 Å². The van der Waals surface area contributed by atoms with E-state index in [1.165, 1.54) is 32.0 Å². The first kappa shape index (κ1) is 19.6.